The second-order valence-corrected chi connectivity index (χ2v) is 4.90. The summed E-state index contributed by atoms with van der Waals surface area (Å²) in [6.07, 6.45) is 1.65. The lowest BCUT2D eigenvalue weighted by Gasteiger charge is -2.06. The third-order valence-corrected chi connectivity index (χ3v) is 3.41. The van der Waals surface area contributed by atoms with E-state index in [1.54, 1.807) is 24.4 Å². The Morgan fingerprint density at radius 2 is 2.17 bits per heavy atom. The molecule has 0 amide bonds. The minimum absolute atomic E-state index is 0.0348. The van der Waals surface area contributed by atoms with Crippen LogP contribution in [0.4, 0.5) is 0 Å². The third kappa shape index (κ3) is 2.94. The molecule has 0 atom stereocenters. The van der Waals surface area contributed by atoms with E-state index >= 15 is 0 Å². The molecule has 1 heterocycles. The molecule has 1 aromatic carbocycles. The van der Waals surface area contributed by atoms with Crippen LogP contribution < -0.4 is 5.73 Å². The minimum Gasteiger partial charge on any atom is -0.409 e. The summed E-state index contributed by atoms with van der Waals surface area (Å²) >= 11 is 7.32. The summed E-state index contributed by atoms with van der Waals surface area (Å²) in [6, 6.07) is 10.9. The Morgan fingerprint density at radius 1 is 1.33 bits per heavy atom. The Morgan fingerprint density at radius 3 is 2.89 bits per heavy atom. The van der Waals surface area contributed by atoms with Crippen molar-refractivity contribution in [3.63, 3.8) is 0 Å². The van der Waals surface area contributed by atoms with Gasteiger partial charge >= 0.3 is 0 Å². The van der Waals surface area contributed by atoms with Gasteiger partial charge in [0.25, 0.3) is 0 Å². The molecular formula is C12H10ClN3OS. The first kappa shape index (κ1) is 12.7. The van der Waals surface area contributed by atoms with Crippen molar-refractivity contribution in [1.29, 1.82) is 0 Å². The van der Waals surface area contributed by atoms with Crippen molar-refractivity contribution in [2.45, 2.75) is 9.92 Å². The number of oxime groups is 1. The number of nitrogens with zero attached hydrogens (tertiary/aromatic N) is 2. The van der Waals surface area contributed by atoms with Crippen LogP contribution in [0.2, 0.25) is 5.02 Å². The highest BCUT2D eigenvalue weighted by Gasteiger charge is 2.09. The van der Waals surface area contributed by atoms with Crippen LogP contribution in [0.5, 0.6) is 0 Å². The lowest BCUT2D eigenvalue weighted by atomic mass is 10.3. The van der Waals surface area contributed by atoms with Gasteiger partial charge in [0.1, 0.15) is 5.03 Å². The standard InChI is InChI=1S/C12H10ClN3OS/c13-8-3-1-4-9(7-8)18-12-10(11(14)16-17)5-2-6-15-12/h1-7,17H,(H2,14,16). The van der Waals surface area contributed by atoms with E-state index in [9.17, 15) is 0 Å². The number of hydrogen-bond donors (Lipinski definition) is 2. The Hall–Kier alpha value is -1.72. The van der Waals surface area contributed by atoms with E-state index in [4.69, 9.17) is 22.5 Å². The third-order valence-electron chi connectivity index (χ3n) is 2.17. The van der Waals surface area contributed by atoms with Crippen LogP contribution in [-0.2, 0) is 0 Å². The fourth-order valence-corrected chi connectivity index (χ4v) is 2.57. The van der Waals surface area contributed by atoms with E-state index in [1.807, 2.05) is 18.2 Å². The summed E-state index contributed by atoms with van der Waals surface area (Å²) in [4.78, 5) is 5.16. The highest BCUT2D eigenvalue weighted by molar-refractivity contribution is 7.99. The van der Waals surface area contributed by atoms with Crippen LogP contribution >= 0.6 is 23.4 Å². The van der Waals surface area contributed by atoms with E-state index in [0.717, 1.165) is 4.90 Å². The molecule has 0 fully saturated rings. The van der Waals surface area contributed by atoms with E-state index in [2.05, 4.69) is 10.1 Å². The molecule has 18 heavy (non-hydrogen) atoms. The Labute approximate surface area is 113 Å². The Kier molecular flexibility index (Phi) is 4.07. The summed E-state index contributed by atoms with van der Waals surface area (Å²) in [5.74, 6) is 0.0348. The van der Waals surface area contributed by atoms with E-state index in [-0.39, 0.29) is 5.84 Å². The number of benzene rings is 1. The predicted molar refractivity (Wildman–Crippen MR) is 72.3 cm³/mol. The Bertz CT molecular complexity index is 589. The van der Waals surface area contributed by atoms with Gasteiger partial charge < -0.3 is 10.9 Å². The van der Waals surface area contributed by atoms with Crippen molar-refractivity contribution in [3.05, 3.63) is 53.2 Å². The van der Waals surface area contributed by atoms with Gasteiger partial charge in [-0.1, -0.05) is 34.6 Å². The maximum atomic E-state index is 8.73. The van der Waals surface area contributed by atoms with Crippen molar-refractivity contribution in [2.75, 3.05) is 0 Å². The number of hydrogen-bond acceptors (Lipinski definition) is 4. The minimum atomic E-state index is 0.0348. The molecule has 2 aromatic rings. The van der Waals surface area contributed by atoms with Crippen LogP contribution in [-0.4, -0.2) is 16.0 Å². The first-order valence-electron chi connectivity index (χ1n) is 5.07. The van der Waals surface area contributed by atoms with Gasteiger partial charge in [0.2, 0.25) is 0 Å². The maximum absolute atomic E-state index is 8.73. The van der Waals surface area contributed by atoms with Crippen LogP contribution in [0.15, 0.2) is 57.7 Å². The number of nitrogens with two attached hydrogens (primary N) is 1. The lowest BCUT2D eigenvalue weighted by molar-refractivity contribution is 0.318. The smallest absolute Gasteiger partial charge is 0.172 e. The van der Waals surface area contributed by atoms with Gasteiger partial charge in [-0.3, -0.25) is 0 Å². The molecule has 0 spiro atoms. The summed E-state index contributed by atoms with van der Waals surface area (Å²) in [7, 11) is 0. The molecule has 0 bridgehead atoms. The fraction of sp³-hybridized carbons (Fsp3) is 0. The monoisotopic (exact) mass is 279 g/mol. The second kappa shape index (κ2) is 5.75. The number of halogens is 1. The molecule has 0 aliphatic heterocycles. The molecule has 0 saturated heterocycles. The molecule has 0 saturated carbocycles. The molecule has 92 valence electrons. The van der Waals surface area contributed by atoms with Gasteiger partial charge in [-0.15, -0.1) is 0 Å². The van der Waals surface area contributed by atoms with Crippen LogP contribution in [0.1, 0.15) is 5.56 Å². The van der Waals surface area contributed by atoms with Gasteiger partial charge in [0.15, 0.2) is 5.84 Å². The predicted octanol–water partition coefficient (Wildman–Crippen LogP) is 2.98. The molecule has 3 N–H and O–H groups in total. The highest BCUT2D eigenvalue weighted by atomic mass is 35.5. The van der Waals surface area contributed by atoms with Crippen LogP contribution in [0.3, 0.4) is 0 Å². The van der Waals surface area contributed by atoms with Crippen molar-refractivity contribution in [2.24, 2.45) is 10.9 Å². The zero-order valence-corrected chi connectivity index (χ0v) is 10.8. The van der Waals surface area contributed by atoms with Crippen molar-refractivity contribution >= 4 is 29.2 Å². The fourth-order valence-electron chi connectivity index (χ4n) is 1.36. The van der Waals surface area contributed by atoms with Gasteiger partial charge in [-0.05, 0) is 30.3 Å². The van der Waals surface area contributed by atoms with Crippen molar-refractivity contribution in [3.8, 4) is 0 Å². The zero-order chi connectivity index (χ0) is 13.0. The van der Waals surface area contributed by atoms with Gasteiger partial charge in [0, 0.05) is 16.1 Å². The van der Waals surface area contributed by atoms with Crippen LogP contribution in [0, 0.1) is 0 Å². The quantitative estimate of drug-likeness (QED) is 0.392. The maximum Gasteiger partial charge on any atom is 0.172 e. The van der Waals surface area contributed by atoms with Crippen molar-refractivity contribution in [1.82, 2.24) is 4.98 Å². The molecule has 0 aliphatic carbocycles. The molecule has 4 nitrogen and oxygen atoms in total. The first-order valence-corrected chi connectivity index (χ1v) is 6.26. The molecule has 6 heteroatoms. The number of pyridine rings is 1. The average Bonchev–Trinajstić information content (AvgIpc) is 2.38. The summed E-state index contributed by atoms with van der Waals surface area (Å²) in [5, 5.41) is 13.0. The number of rotatable bonds is 3. The van der Waals surface area contributed by atoms with Gasteiger partial charge in [-0.2, -0.15) is 0 Å². The first-order chi connectivity index (χ1) is 8.70. The topological polar surface area (TPSA) is 71.5 Å². The van der Waals surface area contributed by atoms with E-state index < -0.39 is 0 Å². The van der Waals surface area contributed by atoms with E-state index in [1.165, 1.54) is 11.8 Å². The largest absolute Gasteiger partial charge is 0.409 e. The normalized spacial score (nSPS) is 11.5. The van der Waals surface area contributed by atoms with Crippen LogP contribution in [0.25, 0.3) is 0 Å². The molecule has 1 aromatic heterocycles. The lowest BCUT2D eigenvalue weighted by Crippen LogP contribution is -2.14. The summed E-state index contributed by atoms with van der Waals surface area (Å²) in [6.45, 7) is 0. The van der Waals surface area contributed by atoms with E-state index in [0.29, 0.717) is 15.6 Å². The van der Waals surface area contributed by atoms with Crippen molar-refractivity contribution < 1.29 is 5.21 Å². The number of aromatic nitrogens is 1. The second-order valence-electron chi connectivity index (χ2n) is 3.40. The zero-order valence-electron chi connectivity index (χ0n) is 9.25. The molecular weight excluding hydrogens is 270 g/mol. The highest BCUT2D eigenvalue weighted by Crippen LogP contribution is 2.29. The summed E-state index contributed by atoms with van der Waals surface area (Å²) < 4.78 is 0. The summed E-state index contributed by atoms with van der Waals surface area (Å²) in [5.41, 5.74) is 6.19. The Balaban J connectivity index is 2.35. The molecule has 2 rings (SSSR count). The number of amidine groups is 1. The molecule has 0 aliphatic rings. The SMILES string of the molecule is NC(=NO)c1cccnc1Sc1cccc(Cl)c1. The van der Waals surface area contributed by atoms with Gasteiger partial charge in [0.05, 0.1) is 5.56 Å². The average molecular weight is 280 g/mol. The van der Waals surface area contributed by atoms with Gasteiger partial charge in [-0.25, -0.2) is 4.98 Å². The molecule has 0 radical (unpaired) electrons. The molecule has 0 unspecified atom stereocenters.